The summed E-state index contributed by atoms with van der Waals surface area (Å²) >= 11 is 0. The first-order valence-electron chi connectivity index (χ1n) is 6.82. The van der Waals surface area contributed by atoms with E-state index in [0.29, 0.717) is 16.9 Å². The Morgan fingerprint density at radius 3 is 2.35 bits per heavy atom. The summed E-state index contributed by atoms with van der Waals surface area (Å²) in [6, 6.07) is 7.16. The Kier molecular flexibility index (Phi) is 3.52. The van der Waals surface area contributed by atoms with Crippen LogP contribution in [0.4, 0.5) is 0 Å². The van der Waals surface area contributed by atoms with Crippen LogP contribution in [-0.4, -0.2) is 39.2 Å². The number of nitrogens with zero attached hydrogens (tertiary/aromatic N) is 5. The van der Waals surface area contributed by atoms with E-state index in [4.69, 9.17) is 0 Å². The quantitative estimate of drug-likeness (QED) is 0.672. The molecule has 0 saturated carbocycles. The fraction of sp³-hybridized carbons (Fsp3) is 0.286. The third-order valence-electron chi connectivity index (χ3n) is 3.62. The number of hydrogen-bond donors (Lipinski definition) is 0. The van der Waals surface area contributed by atoms with Crippen LogP contribution >= 0.6 is 0 Å². The fourth-order valence-electron chi connectivity index (χ4n) is 2.48. The number of hydrogen-bond acceptors (Lipinski definition) is 6. The summed E-state index contributed by atoms with van der Waals surface area (Å²) in [5.74, 6) is 0.460. The van der Waals surface area contributed by atoms with Crippen molar-refractivity contribution >= 4 is 20.6 Å². The van der Waals surface area contributed by atoms with Gasteiger partial charge in [-0.05, 0) is 6.07 Å². The van der Waals surface area contributed by atoms with Gasteiger partial charge in [-0.1, -0.05) is 18.2 Å². The van der Waals surface area contributed by atoms with E-state index in [1.165, 1.54) is 9.25 Å². The van der Waals surface area contributed by atoms with Crippen molar-refractivity contribution in [3.8, 4) is 0 Å². The van der Waals surface area contributed by atoms with Gasteiger partial charge in [-0.2, -0.15) is 5.10 Å². The van der Waals surface area contributed by atoms with Gasteiger partial charge in [0.1, 0.15) is 5.82 Å². The predicted octanol–water partition coefficient (Wildman–Crippen LogP) is 0.0563. The van der Waals surface area contributed by atoms with Crippen LogP contribution in [-0.2, 0) is 30.4 Å². The molecule has 23 heavy (non-hydrogen) atoms. The summed E-state index contributed by atoms with van der Waals surface area (Å²) in [7, 11) is -0.275. The molecular weight excluding hydrogens is 318 g/mol. The van der Waals surface area contributed by atoms with Crippen molar-refractivity contribution in [2.45, 2.75) is 11.6 Å². The van der Waals surface area contributed by atoms with Gasteiger partial charge in [-0.15, -0.1) is 10.2 Å². The van der Waals surface area contributed by atoms with Crippen molar-refractivity contribution in [2.24, 2.45) is 14.1 Å². The number of sulfone groups is 1. The molecule has 9 heteroatoms. The molecule has 120 valence electrons. The second kappa shape index (κ2) is 5.27. The molecule has 0 atom stereocenters. The molecule has 1 aromatic carbocycles. The van der Waals surface area contributed by atoms with E-state index >= 15 is 0 Å². The van der Waals surface area contributed by atoms with Gasteiger partial charge in [-0.25, -0.2) is 13.1 Å². The average Bonchev–Trinajstić information content (AvgIpc) is 2.86. The second-order valence-corrected chi connectivity index (χ2v) is 7.24. The summed E-state index contributed by atoms with van der Waals surface area (Å²) in [5.41, 5.74) is 0.456. The molecule has 0 amide bonds. The highest BCUT2D eigenvalue weighted by molar-refractivity contribution is 7.90. The van der Waals surface area contributed by atoms with Crippen LogP contribution in [0.15, 0.2) is 34.2 Å². The van der Waals surface area contributed by atoms with E-state index in [0.717, 1.165) is 11.6 Å². The van der Waals surface area contributed by atoms with E-state index in [-0.39, 0.29) is 17.1 Å². The third-order valence-corrected chi connectivity index (χ3v) is 4.63. The lowest BCUT2D eigenvalue weighted by Gasteiger charge is -2.08. The Morgan fingerprint density at radius 2 is 1.74 bits per heavy atom. The molecule has 0 aliphatic rings. The molecule has 2 heterocycles. The molecule has 0 aliphatic carbocycles. The first kappa shape index (κ1) is 15.3. The standard InChI is InChI=1S/C14H15N5O3S/c1-18-12(15-16-14(18)23(3,21)22)8-11-9-6-4-5-7-10(9)13(20)19(2)17-11/h4-7H,8H2,1-3H3. The minimum absolute atomic E-state index is 0.0957. The Hall–Kier alpha value is -2.55. The third kappa shape index (κ3) is 2.63. The zero-order valence-electron chi connectivity index (χ0n) is 12.9. The summed E-state index contributed by atoms with van der Waals surface area (Å²) < 4.78 is 26.0. The lowest BCUT2D eigenvalue weighted by atomic mass is 10.1. The SMILES string of the molecule is Cn1c(Cc2nn(C)c(=O)c3ccccc23)nnc1S(C)(=O)=O. The molecule has 0 unspecified atom stereocenters. The lowest BCUT2D eigenvalue weighted by molar-refractivity contribution is 0.582. The first-order chi connectivity index (χ1) is 10.8. The highest BCUT2D eigenvalue weighted by Gasteiger charge is 2.19. The van der Waals surface area contributed by atoms with Gasteiger partial charge in [0.25, 0.3) is 5.56 Å². The van der Waals surface area contributed by atoms with Crippen molar-refractivity contribution in [1.29, 1.82) is 0 Å². The largest absolute Gasteiger partial charge is 0.305 e. The van der Waals surface area contributed by atoms with E-state index in [9.17, 15) is 13.2 Å². The molecular formula is C14H15N5O3S. The maximum Gasteiger partial charge on any atom is 0.274 e. The molecule has 0 radical (unpaired) electrons. The van der Waals surface area contributed by atoms with Gasteiger partial charge in [0.05, 0.1) is 17.5 Å². The molecule has 0 N–H and O–H groups in total. The topological polar surface area (TPSA) is 99.7 Å². The second-order valence-electron chi connectivity index (χ2n) is 5.33. The summed E-state index contributed by atoms with van der Waals surface area (Å²) in [6.45, 7) is 0. The molecule has 0 fully saturated rings. The Labute approximate surface area is 132 Å². The van der Waals surface area contributed by atoms with Crippen molar-refractivity contribution in [3.05, 3.63) is 46.1 Å². The molecule has 8 nitrogen and oxygen atoms in total. The zero-order valence-corrected chi connectivity index (χ0v) is 13.7. The van der Waals surface area contributed by atoms with Gasteiger partial charge in [0.2, 0.25) is 15.0 Å². The highest BCUT2D eigenvalue weighted by Crippen LogP contribution is 2.17. The van der Waals surface area contributed by atoms with Crippen LogP contribution in [0.5, 0.6) is 0 Å². The minimum Gasteiger partial charge on any atom is -0.305 e. The molecule has 3 aromatic rings. The Bertz CT molecular complexity index is 1070. The van der Waals surface area contributed by atoms with E-state index < -0.39 is 9.84 Å². The van der Waals surface area contributed by atoms with Gasteiger partial charge in [0.15, 0.2) is 0 Å². The van der Waals surface area contributed by atoms with Crippen LogP contribution in [0, 0.1) is 0 Å². The predicted molar refractivity (Wildman–Crippen MR) is 83.9 cm³/mol. The normalized spacial score (nSPS) is 12.0. The summed E-state index contributed by atoms with van der Waals surface area (Å²) in [4.78, 5) is 12.1. The number of aromatic nitrogens is 5. The van der Waals surface area contributed by atoms with Gasteiger partial charge >= 0.3 is 0 Å². The van der Waals surface area contributed by atoms with Crippen molar-refractivity contribution in [3.63, 3.8) is 0 Å². The van der Waals surface area contributed by atoms with E-state index in [1.54, 1.807) is 26.2 Å². The fourth-order valence-corrected chi connectivity index (χ4v) is 3.27. The van der Waals surface area contributed by atoms with Gasteiger partial charge < -0.3 is 4.57 Å². The van der Waals surface area contributed by atoms with Crippen LogP contribution in [0.3, 0.4) is 0 Å². The average molecular weight is 333 g/mol. The number of rotatable bonds is 3. The molecule has 2 aromatic heterocycles. The summed E-state index contributed by atoms with van der Waals surface area (Å²) in [5, 5.41) is 13.1. The Balaban J connectivity index is 2.15. The Morgan fingerprint density at radius 1 is 1.09 bits per heavy atom. The molecule has 0 spiro atoms. The molecule has 0 bridgehead atoms. The van der Waals surface area contributed by atoms with Crippen molar-refractivity contribution in [2.75, 3.05) is 6.26 Å². The highest BCUT2D eigenvalue weighted by atomic mass is 32.2. The maximum atomic E-state index is 12.1. The van der Waals surface area contributed by atoms with Gasteiger partial charge in [-0.3, -0.25) is 4.79 Å². The first-order valence-corrected chi connectivity index (χ1v) is 8.71. The zero-order chi connectivity index (χ0) is 16.8. The molecule has 0 aliphatic heterocycles. The molecule has 3 rings (SSSR count). The number of fused-ring (bicyclic) bond motifs is 1. The van der Waals surface area contributed by atoms with Crippen LogP contribution < -0.4 is 5.56 Å². The maximum absolute atomic E-state index is 12.1. The van der Waals surface area contributed by atoms with Crippen LogP contribution in [0.2, 0.25) is 0 Å². The summed E-state index contributed by atoms with van der Waals surface area (Å²) in [6.07, 6.45) is 1.36. The van der Waals surface area contributed by atoms with E-state index in [1.807, 2.05) is 12.1 Å². The van der Waals surface area contributed by atoms with Gasteiger partial charge in [0, 0.05) is 25.7 Å². The number of benzene rings is 1. The van der Waals surface area contributed by atoms with Crippen LogP contribution in [0.25, 0.3) is 10.8 Å². The van der Waals surface area contributed by atoms with E-state index in [2.05, 4.69) is 15.3 Å². The van der Waals surface area contributed by atoms with Crippen molar-refractivity contribution < 1.29 is 8.42 Å². The number of aryl methyl sites for hydroxylation is 1. The van der Waals surface area contributed by atoms with Crippen LogP contribution in [0.1, 0.15) is 11.5 Å². The lowest BCUT2D eigenvalue weighted by Crippen LogP contribution is -2.22. The smallest absolute Gasteiger partial charge is 0.274 e. The molecule has 0 saturated heterocycles. The minimum atomic E-state index is -3.45. The monoisotopic (exact) mass is 333 g/mol. The van der Waals surface area contributed by atoms with Crippen molar-refractivity contribution in [1.82, 2.24) is 24.5 Å².